The second-order valence-electron chi connectivity index (χ2n) is 4.74. The van der Waals surface area contributed by atoms with Gasteiger partial charge < -0.3 is 10.6 Å². The molecule has 1 heterocycles. The van der Waals surface area contributed by atoms with Gasteiger partial charge in [0, 0.05) is 11.6 Å². The minimum atomic E-state index is -0.422. The van der Waals surface area contributed by atoms with Crippen molar-refractivity contribution >= 4 is 23.2 Å². The quantitative estimate of drug-likeness (QED) is 0.859. The van der Waals surface area contributed by atoms with Crippen molar-refractivity contribution in [3.63, 3.8) is 0 Å². The fourth-order valence-corrected chi connectivity index (χ4v) is 2.17. The van der Waals surface area contributed by atoms with Gasteiger partial charge >= 0.3 is 0 Å². The summed E-state index contributed by atoms with van der Waals surface area (Å²) in [6.07, 6.45) is 0.793. The molecular weight excluding hydrogens is 250 g/mol. The number of amides is 1. The molecule has 1 aliphatic heterocycles. The molecule has 2 rings (SSSR count). The van der Waals surface area contributed by atoms with Gasteiger partial charge in [0.05, 0.1) is 16.7 Å². The van der Waals surface area contributed by atoms with E-state index in [1.165, 1.54) is 0 Å². The van der Waals surface area contributed by atoms with E-state index < -0.39 is 5.41 Å². The lowest BCUT2D eigenvalue weighted by Gasteiger charge is -2.21. The monoisotopic (exact) mass is 263 g/mol. The van der Waals surface area contributed by atoms with Crippen molar-refractivity contribution < 1.29 is 4.79 Å². The maximum absolute atomic E-state index is 12.2. The number of nitrogens with zero attached hydrogens (tertiary/aromatic N) is 1. The summed E-state index contributed by atoms with van der Waals surface area (Å²) < 4.78 is 0. The molecule has 1 aromatic rings. The highest BCUT2D eigenvalue weighted by Gasteiger charge is 2.36. The zero-order valence-electron chi connectivity index (χ0n) is 10.1. The topological polar surface area (TPSA) is 64.9 Å². The molecule has 0 radical (unpaired) electrons. The van der Waals surface area contributed by atoms with Gasteiger partial charge in [-0.2, -0.15) is 5.26 Å². The molecule has 1 amide bonds. The standard InChI is InChI=1S/C13H14ClN3O/c1-13(4-5-16-8-13)12(18)17-11-6-10(14)3-2-9(11)7-15/h2-3,6,16H,4-5,8H2,1H3,(H,17,18). The van der Waals surface area contributed by atoms with Crippen LogP contribution in [0.2, 0.25) is 5.02 Å². The largest absolute Gasteiger partial charge is 0.324 e. The van der Waals surface area contributed by atoms with Crippen LogP contribution in [0.5, 0.6) is 0 Å². The van der Waals surface area contributed by atoms with Crippen molar-refractivity contribution in [2.45, 2.75) is 13.3 Å². The Balaban J connectivity index is 2.21. The third-order valence-corrected chi connectivity index (χ3v) is 3.50. The van der Waals surface area contributed by atoms with Crippen LogP contribution >= 0.6 is 11.6 Å². The molecule has 1 unspecified atom stereocenters. The Bertz CT molecular complexity index is 515. The minimum absolute atomic E-state index is 0.0775. The van der Waals surface area contributed by atoms with E-state index in [9.17, 15) is 4.79 Å². The van der Waals surface area contributed by atoms with Crippen molar-refractivity contribution in [1.82, 2.24) is 5.32 Å². The average Bonchev–Trinajstić information content (AvgIpc) is 2.78. The van der Waals surface area contributed by atoms with Crippen LogP contribution < -0.4 is 10.6 Å². The molecule has 0 bridgehead atoms. The van der Waals surface area contributed by atoms with Crippen LogP contribution in [-0.2, 0) is 4.79 Å². The fraction of sp³-hybridized carbons (Fsp3) is 0.385. The highest BCUT2D eigenvalue weighted by Crippen LogP contribution is 2.28. The van der Waals surface area contributed by atoms with Crippen LogP contribution in [0, 0.1) is 16.7 Å². The van der Waals surface area contributed by atoms with E-state index in [0.29, 0.717) is 22.8 Å². The van der Waals surface area contributed by atoms with Gasteiger partial charge in [-0.3, -0.25) is 4.79 Å². The molecule has 1 atom stereocenters. The Morgan fingerprint density at radius 3 is 3.00 bits per heavy atom. The third-order valence-electron chi connectivity index (χ3n) is 3.27. The second-order valence-corrected chi connectivity index (χ2v) is 5.18. The Morgan fingerprint density at radius 2 is 2.39 bits per heavy atom. The fourth-order valence-electron chi connectivity index (χ4n) is 2.00. The van der Waals surface area contributed by atoms with Crippen LogP contribution in [0.25, 0.3) is 0 Å². The van der Waals surface area contributed by atoms with Crippen molar-refractivity contribution in [3.8, 4) is 6.07 Å². The second kappa shape index (κ2) is 4.97. The first-order chi connectivity index (χ1) is 8.55. The number of benzene rings is 1. The van der Waals surface area contributed by atoms with Crippen molar-refractivity contribution in [2.75, 3.05) is 18.4 Å². The summed E-state index contributed by atoms with van der Waals surface area (Å²) in [6.45, 7) is 3.41. The summed E-state index contributed by atoms with van der Waals surface area (Å²) in [5, 5.41) is 15.5. The van der Waals surface area contributed by atoms with E-state index in [2.05, 4.69) is 10.6 Å². The smallest absolute Gasteiger partial charge is 0.231 e. The zero-order chi connectivity index (χ0) is 13.2. The molecule has 1 aliphatic rings. The van der Waals surface area contributed by atoms with E-state index in [0.717, 1.165) is 13.0 Å². The summed E-state index contributed by atoms with van der Waals surface area (Å²) in [7, 11) is 0. The summed E-state index contributed by atoms with van der Waals surface area (Å²) in [4.78, 5) is 12.2. The Labute approximate surface area is 111 Å². The molecule has 1 fully saturated rings. The van der Waals surface area contributed by atoms with Gasteiger partial charge in [-0.1, -0.05) is 11.6 Å². The highest BCUT2D eigenvalue weighted by molar-refractivity contribution is 6.31. The number of hydrogen-bond donors (Lipinski definition) is 2. The minimum Gasteiger partial charge on any atom is -0.324 e. The molecule has 94 valence electrons. The lowest BCUT2D eigenvalue weighted by molar-refractivity contribution is -0.123. The molecule has 1 saturated heterocycles. The van der Waals surface area contributed by atoms with Crippen LogP contribution in [0.1, 0.15) is 18.9 Å². The Morgan fingerprint density at radius 1 is 1.61 bits per heavy atom. The predicted octanol–water partition coefficient (Wildman–Crippen LogP) is 2.15. The third kappa shape index (κ3) is 2.47. The van der Waals surface area contributed by atoms with Crippen molar-refractivity contribution in [2.24, 2.45) is 5.41 Å². The van der Waals surface area contributed by atoms with E-state index in [-0.39, 0.29) is 5.91 Å². The molecule has 0 aromatic heterocycles. The van der Waals surface area contributed by atoms with Gasteiger partial charge in [-0.25, -0.2) is 0 Å². The van der Waals surface area contributed by atoms with Gasteiger partial charge in [-0.05, 0) is 38.1 Å². The van der Waals surface area contributed by atoms with E-state index in [4.69, 9.17) is 16.9 Å². The molecule has 18 heavy (non-hydrogen) atoms. The molecule has 0 spiro atoms. The lowest BCUT2D eigenvalue weighted by atomic mass is 9.88. The maximum Gasteiger partial charge on any atom is 0.231 e. The van der Waals surface area contributed by atoms with Crippen LogP contribution in [0.3, 0.4) is 0 Å². The number of anilines is 1. The lowest BCUT2D eigenvalue weighted by Crippen LogP contribution is -2.35. The highest BCUT2D eigenvalue weighted by atomic mass is 35.5. The number of nitriles is 1. The van der Waals surface area contributed by atoms with Gasteiger partial charge in [0.1, 0.15) is 6.07 Å². The predicted molar refractivity (Wildman–Crippen MR) is 70.4 cm³/mol. The van der Waals surface area contributed by atoms with Crippen molar-refractivity contribution in [1.29, 1.82) is 5.26 Å². The summed E-state index contributed by atoms with van der Waals surface area (Å²) in [6, 6.07) is 6.88. The molecule has 5 heteroatoms. The van der Waals surface area contributed by atoms with Gasteiger partial charge in [0.25, 0.3) is 0 Å². The number of carbonyl (C=O) groups is 1. The summed E-state index contributed by atoms with van der Waals surface area (Å²) in [5.74, 6) is -0.0775. The Kier molecular flexibility index (Phi) is 3.55. The maximum atomic E-state index is 12.2. The van der Waals surface area contributed by atoms with Gasteiger partial charge in [-0.15, -0.1) is 0 Å². The first-order valence-electron chi connectivity index (χ1n) is 5.77. The Hall–Kier alpha value is -1.57. The van der Waals surface area contributed by atoms with Crippen LogP contribution in [0.4, 0.5) is 5.69 Å². The van der Waals surface area contributed by atoms with Crippen LogP contribution in [0.15, 0.2) is 18.2 Å². The SMILES string of the molecule is CC1(C(=O)Nc2cc(Cl)ccc2C#N)CCNC1. The molecule has 1 aromatic carbocycles. The molecule has 2 N–H and O–H groups in total. The van der Waals surface area contributed by atoms with Crippen LogP contribution in [-0.4, -0.2) is 19.0 Å². The van der Waals surface area contributed by atoms with Gasteiger partial charge in [0.15, 0.2) is 0 Å². The van der Waals surface area contributed by atoms with Gasteiger partial charge in [0.2, 0.25) is 5.91 Å². The molecule has 4 nitrogen and oxygen atoms in total. The summed E-state index contributed by atoms with van der Waals surface area (Å²) >= 11 is 5.88. The number of halogens is 1. The number of nitrogens with one attached hydrogen (secondary N) is 2. The van der Waals surface area contributed by atoms with E-state index in [1.807, 2.05) is 13.0 Å². The van der Waals surface area contributed by atoms with E-state index >= 15 is 0 Å². The number of rotatable bonds is 2. The number of hydrogen-bond acceptors (Lipinski definition) is 3. The van der Waals surface area contributed by atoms with E-state index in [1.54, 1.807) is 18.2 Å². The van der Waals surface area contributed by atoms with Crippen molar-refractivity contribution in [3.05, 3.63) is 28.8 Å². The number of carbonyl (C=O) groups excluding carboxylic acids is 1. The first-order valence-corrected chi connectivity index (χ1v) is 6.15. The zero-order valence-corrected chi connectivity index (χ0v) is 10.8. The molecular formula is C13H14ClN3O. The molecule has 0 aliphatic carbocycles. The normalized spacial score (nSPS) is 22.5. The summed E-state index contributed by atoms with van der Waals surface area (Å²) in [5.41, 5.74) is 0.472. The average molecular weight is 264 g/mol. The molecule has 0 saturated carbocycles. The first kappa shape index (κ1) is 12.9.